The maximum Gasteiger partial charge on any atom is 0.0650 e. The van der Waals surface area contributed by atoms with E-state index in [1.54, 1.807) is 0 Å². The second kappa shape index (κ2) is 3.56. The van der Waals surface area contributed by atoms with Crippen molar-refractivity contribution < 1.29 is 0 Å². The molecule has 0 aliphatic carbocycles. The van der Waals surface area contributed by atoms with E-state index in [-0.39, 0.29) is 0 Å². The summed E-state index contributed by atoms with van der Waals surface area (Å²) in [7, 11) is 0. The molecule has 1 aromatic carbocycles. The molecule has 0 amide bonds. The van der Waals surface area contributed by atoms with Crippen LogP contribution in [0.1, 0.15) is 18.9 Å². The van der Waals surface area contributed by atoms with Gasteiger partial charge in [-0.25, -0.2) is 0 Å². The Morgan fingerprint density at radius 2 is 2.00 bits per heavy atom. The molecule has 1 heteroatoms. The van der Waals surface area contributed by atoms with Crippen LogP contribution in [-0.2, 0) is 0 Å². The molecule has 0 bridgehead atoms. The fourth-order valence-corrected chi connectivity index (χ4v) is 1.47. The number of hydrogen-bond acceptors (Lipinski definition) is 1. The Morgan fingerprint density at radius 3 is 2.62 bits per heavy atom. The first-order valence-electron chi connectivity index (χ1n) is 4.69. The lowest BCUT2D eigenvalue weighted by molar-refractivity contribution is 1.03. The highest BCUT2D eigenvalue weighted by Gasteiger charge is 2.07. The molecule has 0 N–H and O–H groups in total. The summed E-state index contributed by atoms with van der Waals surface area (Å²) in [6.45, 7) is 3.07. The van der Waals surface area contributed by atoms with Gasteiger partial charge in [0.2, 0.25) is 0 Å². The van der Waals surface area contributed by atoms with Crippen LogP contribution in [0.4, 0.5) is 0 Å². The van der Waals surface area contributed by atoms with Crippen molar-refractivity contribution in [3.63, 3.8) is 0 Å². The van der Waals surface area contributed by atoms with E-state index in [1.807, 2.05) is 6.07 Å². The zero-order valence-electron chi connectivity index (χ0n) is 7.83. The molecule has 0 saturated heterocycles. The summed E-state index contributed by atoms with van der Waals surface area (Å²) in [4.78, 5) is 4.48. The maximum absolute atomic E-state index is 4.48. The Bertz CT molecular complexity index is 347. The van der Waals surface area contributed by atoms with Gasteiger partial charge < -0.3 is 0 Å². The Labute approximate surface area is 78.8 Å². The Balaban J connectivity index is 2.25. The molecule has 66 valence electrons. The van der Waals surface area contributed by atoms with Crippen molar-refractivity contribution in [2.45, 2.75) is 13.3 Å². The molecule has 1 aromatic rings. The number of hydrogen-bond donors (Lipinski definition) is 0. The van der Waals surface area contributed by atoms with Crippen LogP contribution in [0.5, 0.6) is 0 Å². The SMILES string of the molecule is CCC1=CC(c2ccccc2)=NC1. The van der Waals surface area contributed by atoms with E-state index in [2.05, 4.69) is 42.3 Å². The second-order valence-corrected chi connectivity index (χ2v) is 3.22. The van der Waals surface area contributed by atoms with E-state index in [0.29, 0.717) is 0 Å². The third kappa shape index (κ3) is 1.69. The largest absolute Gasteiger partial charge is 0.280 e. The molecule has 0 spiro atoms. The van der Waals surface area contributed by atoms with Gasteiger partial charge in [-0.3, -0.25) is 4.99 Å². The second-order valence-electron chi connectivity index (χ2n) is 3.22. The standard InChI is InChI=1S/C12H13N/c1-2-10-8-12(13-9-10)11-6-4-3-5-7-11/h3-8H,2,9H2,1H3. The van der Waals surface area contributed by atoms with Crippen LogP contribution in [0, 0.1) is 0 Å². The number of nitrogens with zero attached hydrogens (tertiary/aromatic N) is 1. The summed E-state index contributed by atoms with van der Waals surface area (Å²) >= 11 is 0. The molecule has 1 heterocycles. The normalized spacial score (nSPS) is 15.5. The van der Waals surface area contributed by atoms with Gasteiger partial charge in [0.05, 0.1) is 12.3 Å². The lowest BCUT2D eigenvalue weighted by Gasteiger charge is -1.95. The molecule has 1 nitrogen and oxygen atoms in total. The minimum atomic E-state index is 0.890. The number of rotatable bonds is 2. The Hall–Kier alpha value is -1.37. The minimum Gasteiger partial charge on any atom is -0.280 e. The number of allylic oxidation sites excluding steroid dienone is 1. The molecule has 2 rings (SSSR count). The van der Waals surface area contributed by atoms with Gasteiger partial charge in [0, 0.05) is 0 Å². The summed E-state index contributed by atoms with van der Waals surface area (Å²) in [5, 5.41) is 0. The first-order chi connectivity index (χ1) is 6.40. The van der Waals surface area contributed by atoms with Crippen LogP contribution in [0.15, 0.2) is 47.0 Å². The van der Waals surface area contributed by atoms with E-state index in [0.717, 1.165) is 18.7 Å². The first kappa shape index (κ1) is 8.24. The lowest BCUT2D eigenvalue weighted by Crippen LogP contribution is -1.92. The maximum atomic E-state index is 4.48. The number of aliphatic imine (C=N–C) groups is 1. The lowest BCUT2D eigenvalue weighted by atomic mass is 10.1. The molecule has 0 fully saturated rings. The fraction of sp³-hybridized carbons (Fsp3) is 0.250. The van der Waals surface area contributed by atoms with Crippen molar-refractivity contribution in [3.05, 3.63) is 47.5 Å². The third-order valence-corrected chi connectivity index (χ3v) is 2.32. The summed E-state index contributed by atoms with van der Waals surface area (Å²) in [5.41, 5.74) is 3.79. The Morgan fingerprint density at radius 1 is 1.23 bits per heavy atom. The molecule has 0 unspecified atom stereocenters. The highest BCUT2D eigenvalue weighted by molar-refractivity contribution is 6.10. The first-order valence-corrected chi connectivity index (χ1v) is 4.69. The molecule has 13 heavy (non-hydrogen) atoms. The Kier molecular flexibility index (Phi) is 2.26. The number of benzene rings is 1. The van der Waals surface area contributed by atoms with Crippen LogP contribution < -0.4 is 0 Å². The van der Waals surface area contributed by atoms with Crippen LogP contribution >= 0.6 is 0 Å². The summed E-state index contributed by atoms with van der Waals surface area (Å²) < 4.78 is 0. The smallest absolute Gasteiger partial charge is 0.0650 e. The topological polar surface area (TPSA) is 12.4 Å². The average Bonchev–Trinajstić information content (AvgIpc) is 2.67. The summed E-state index contributed by atoms with van der Waals surface area (Å²) in [6.07, 6.45) is 3.31. The zero-order valence-corrected chi connectivity index (χ0v) is 7.83. The summed E-state index contributed by atoms with van der Waals surface area (Å²) in [6, 6.07) is 10.3. The molecule has 0 atom stereocenters. The molecule has 0 saturated carbocycles. The highest BCUT2D eigenvalue weighted by Crippen LogP contribution is 2.13. The zero-order chi connectivity index (χ0) is 9.10. The molecular weight excluding hydrogens is 158 g/mol. The van der Waals surface area contributed by atoms with E-state index in [4.69, 9.17) is 0 Å². The van der Waals surface area contributed by atoms with Gasteiger partial charge in [-0.05, 0) is 23.6 Å². The molecule has 0 radical (unpaired) electrons. The van der Waals surface area contributed by atoms with Gasteiger partial charge >= 0.3 is 0 Å². The molecule has 1 aliphatic heterocycles. The van der Waals surface area contributed by atoms with Crippen LogP contribution in [0.3, 0.4) is 0 Å². The van der Waals surface area contributed by atoms with Crippen molar-refractivity contribution >= 4 is 5.71 Å². The van der Waals surface area contributed by atoms with Gasteiger partial charge in [0.25, 0.3) is 0 Å². The molecule has 1 aliphatic rings. The van der Waals surface area contributed by atoms with E-state index in [9.17, 15) is 0 Å². The molecule has 0 aromatic heterocycles. The van der Waals surface area contributed by atoms with Gasteiger partial charge in [0.1, 0.15) is 0 Å². The predicted octanol–water partition coefficient (Wildman–Crippen LogP) is 2.83. The van der Waals surface area contributed by atoms with Gasteiger partial charge in [-0.2, -0.15) is 0 Å². The van der Waals surface area contributed by atoms with E-state index in [1.165, 1.54) is 11.1 Å². The van der Waals surface area contributed by atoms with Crippen molar-refractivity contribution in [2.24, 2.45) is 4.99 Å². The minimum absolute atomic E-state index is 0.890. The van der Waals surface area contributed by atoms with E-state index < -0.39 is 0 Å². The van der Waals surface area contributed by atoms with Crippen molar-refractivity contribution in [3.8, 4) is 0 Å². The van der Waals surface area contributed by atoms with Crippen LogP contribution in [0.2, 0.25) is 0 Å². The van der Waals surface area contributed by atoms with Crippen LogP contribution in [-0.4, -0.2) is 12.3 Å². The monoisotopic (exact) mass is 171 g/mol. The van der Waals surface area contributed by atoms with Gasteiger partial charge in [0.15, 0.2) is 0 Å². The summed E-state index contributed by atoms with van der Waals surface area (Å²) in [5.74, 6) is 0. The quantitative estimate of drug-likeness (QED) is 0.648. The highest BCUT2D eigenvalue weighted by atomic mass is 14.8. The van der Waals surface area contributed by atoms with Crippen LogP contribution in [0.25, 0.3) is 0 Å². The average molecular weight is 171 g/mol. The van der Waals surface area contributed by atoms with E-state index >= 15 is 0 Å². The third-order valence-electron chi connectivity index (χ3n) is 2.32. The van der Waals surface area contributed by atoms with Gasteiger partial charge in [-0.15, -0.1) is 0 Å². The van der Waals surface area contributed by atoms with Crippen molar-refractivity contribution in [1.29, 1.82) is 0 Å². The molecular formula is C12H13N. The predicted molar refractivity (Wildman–Crippen MR) is 56.2 cm³/mol. The fourth-order valence-electron chi connectivity index (χ4n) is 1.47. The van der Waals surface area contributed by atoms with Gasteiger partial charge in [-0.1, -0.05) is 37.3 Å². The van der Waals surface area contributed by atoms with Crippen molar-refractivity contribution in [2.75, 3.05) is 6.54 Å². The van der Waals surface area contributed by atoms with Crippen molar-refractivity contribution in [1.82, 2.24) is 0 Å².